The molecule has 0 saturated heterocycles. The molecule has 0 spiro atoms. The molecule has 142 valence electrons. The standard InChI is InChI=1S/C19H17F3N2O3/c1-12(25)13-6-8-15(9-7-13)27-11-14(26)10-24-17-5-3-2-4-16(17)23-18(24)19(20,21)22/h2-9,14,26H,10-11H2,1H3/t14-/m0/s1. The third-order valence-corrected chi connectivity index (χ3v) is 4.00. The number of rotatable bonds is 6. The van der Waals surface area contributed by atoms with Crippen molar-refractivity contribution in [3.05, 3.63) is 59.9 Å². The molecular weight excluding hydrogens is 361 g/mol. The summed E-state index contributed by atoms with van der Waals surface area (Å²) in [6.45, 7) is 0.914. The van der Waals surface area contributed by atoms with Crippen LogP contribution in [0.25, 0.3) is 11.0 Å². The molecule has 1 N–H and O–H groups in total. The van der Waals surface area contributed by atoms with Gasteiger partial charge in [0.05, 0.1) is 17.6 Å². The van der Waals surface area contributed by atoms with Crippen molar-refractivity contribution in [2.24, 2.45) is 0 Å². The van der Waals surface area contributed by atoms with E-state index in [1.54, 1.807) is 36.4 Å². The van der Waals surface area contributed by atoms with Crippen molar-refractivity contribution < 1.29 is 27.8 Å². The molecule has 1 aromatic heterocycles. The number of para-hydroxylation sites is 2. The lowest BCUT2D eigenvalue weighted by Gasteiger charge is -2.16. The summed E-state index contributed by atoms with van der Waals surface area (Å²) in [6.07, 6.45) is -5.82. The lowest BCUT2D eigenvalue weighted by Crippen LogP contribution is -2.26. The molecule has 5 nitrogen and oxygen atoms in total. The Morgan fingerprint density at radius 1 is 1.19 bits per heavy atom. The number of hydrogen-bond acceptors (Lipinski definition) is 4. The van der Waals surface area contributed by atoms with Gasteiger partial charge in [0.25, 0.3) is 0 Å². The molecule has 3 rings (SSSR count). The van der Waals surface area contributed by atoms with Gasteiger partial charge in [-0.1, -0.05) is 12.1 Å². The molecule has 0 aliphatic carbocycles. The third kappa shape index (κ3) is 4.28. The molecule has 3 aromatic rings. The number of aliphatic hydroxyl groups excluding tert-OH is 1. The van der Waals surface area contributed by atoms with E-state index in [0.717, 1.165) is 4.57 Å². The Labute approximate surface area is 153 Å². The zero-order valence-electron chi connectivity index (χ0n) is 14.4. The fourth-order valence-electron chi connectivity index (χ4n) is 2.72. The van der Waals surface area contributed by atoms with Crippen LogP contribution in [-0.2, 0) is 12.7 Å². The van der Waals surface area contributed by atoms with Crippen LogP contribution in [0, 0.1) is 0 Å². The zero-order chi connectivity index (χ0) is 19.6. The normalized spacial score (nSPS) is 12.9. The Balaban J connectivity index is 1.74. The highest BCUT2D eigenvalue weighted by molar-refractivity contribution is 5.94. The number of ether oxygens (including phenoxy) is 1. The minimum atomic E-state index is -4.64. The predicted molar refractivity (Wildman–Crippen MR) is 92.7 cm³/mol. The first-order chi connectivity index (χ1) is 12.8. The van der Waals surface area contributed by atoms with Gasteiger partial charge in [0, 0.05) is 5.56 Å². The number of benzene rings is 2. The van der Waals surface area contributed by atoms with E-state index in [-0.39, 0.29) is 30.0 Å². The average Bonchev–Trinajstić information content (AvgIpc) is 2.99. The second kappa shape index (κ2) is 7.40. The van der Waals surface area contributed by atoms with Gasteiger partial charge in [-0.25, -0.2) is 4.98 Å². The fraction of sp³-hybridized carbons (Fsp3) is 0.263. The number of alkyl halides is 3. The van der Waals surface area contributed by atoms with Gasteiger partial charge in [0.2, 0.25) is 5.82 Å². The minimum Gasteiger partial charge on any atom is -0.491 e. The maximum Gasteiger partial charge on any atom is 0.449 e. The maximum absolute atomic E-state index is 13.3. The molecule has 0 fully saturated rings. The van der Waals surface area contributed by atoms with Crippen LogP contribution >= 0.6 is 0 Å². The van der Waals surface area contributed by atoms with Crippen LogP contribution in [0.4, 0.5) is 13.2 Å². The summed E-state index contributed by atoms with van der Waals surface area (Å²) in [6, 6.07) is 12.5. The van der Waals surface area contributed by atoms with Crippen LogP contribution in [0.1, 0.15) is 23.1 Å². The van der Waals surface area contributed by atoms with Gasteiger partial charge in [0.1, 0.15) is 18.5 Å². The second-order valence-corrected chi connectivity index (χ2v) is 6.08. The molecule has 0 aliphatic rings. The minimum absolute atomic E-state index is 0.0896. The van der Waals surface area contributed by atoms with E-state index in [2.05, 4.69) is 4.98 Å². The fourth-order valence-corrected chi connectivity index (χ4v) is 2.72. The van der Waals surface area contributed by atoms with Crippen LogP contribution in [0.2, 0.25) is 0 Å². The molecule has 0 radical (unpaired) electrons. The number of carbonyl (C=O) groups is 1. The lowest BCUT2D eigenvalue weighted by atomic mass is 10.1. The Bertz CT molecular complexity index is 949. The van der Waals surface area contributed by atoms with Crippen molar-refractivity contribution in [3.63, 3.8) is 0 Å². The van der Waals surface area contributed by atoms with Gasteiger partial charge in [-0.2, -0.15) is 13.2 Å². The Morgan fingerprint density at radius 2 is 1.85 bits per heavy atom. The van der Waals surface area contributed by atoms with Gasteiger partial charge < -0.3 is 14.4 Å². The number of fused-ring (bicyclic) bond motifs is 1. The van der Waals surface area contributed by atoms with Crippen molar-refractivity contribution in [2.75, 3.05) is 6.61 Å². The van der Waals surface area contributed by atoms with E-state index >= 15 is 0 Å². The quantitative estimate of drug-likeness (QED) is 0.665. The summed E-state index contributed by atoms with van der Waals surface area (Å²) in [5.74, 6) is -0.743. The van der Waals surface area contributed by atoms with E-state index < -0.39 is 18.1 Å². The summed E-state index contributed by atoms with van der Waals surface area (Å²) in [4.78, 5) is 14.9. The number of carbonyl (C=O) groups excluding carboxylic acids is 1. The number of aliphatic hydroxyl groups is 1. The molecule has 1 atom stereocenters. The van der Waals surface area contributed by atoms with Gasteiger partial charge in [-0.15, -0.1) is 0 Å². The number of aromatic nitrogens is 2. The number of ketones is 1. The van der Waals surface area contributed by atoms with Gasteiger partial charge in [0.15, 0.2) is 5.78 Å². The van der Waals surface area contributed by atoms with Crippen molar-refractivity contribution >= 4 is 16.8 Å². The molecule has 0 unspecified atom stereocenters. The van der Waals surface area contributed by atoms with Crippen molar-refractivity contribution in [3.8, 4) is 5.75 Å². The van der Waals surface area contributed by atoms with Crippen molar-refractivity contribution in [1.29, 1.82) is 0 Å². The number of halogens is 3. The largest absolute Gasteiger partial charge is 0.491 e. The molecule has 0 amide bonds. The van der Waals surface area contributed by atoms with Crippen molar-refractivity contribution in [1.82, 2.24) is 9.55 Å². The summed E-state index contributed by atoms with van der Waals surface area (Å²) in [5, 5.41) is 10.2. The molecular formula is C19H17F3N2O3. The number of nitrogens with zero attached hydrogens (tertiary/aromatic N) is 2. The predicted octanol–water partition coefficient (Wildman–Crippen LogP) is 3.70. The van der Waals surface area contributed by atoms with E-state index in [1.807, 2.05) is 0 Å². The zero-order valence-corrected chi connectivity index (χ0v) is 14.4. The van der Waals surface area contributed by atoms with Crippen LogP contribution in [0.5, 0.6) is 5.75 Å². The van der Waals surface area contributed by atoms with Crippen LogP contribution in [0.15, 0.2) is 48.5 Å². The number of Topliss-reactive ketones (excluding diaryl/α,β-unsaturated/α-hetero) is 1. The third-order valence-electron chi connectivity index (χ3n) is 4.00. The van der Waals surface area contributed by atoms with Gasteiger partial charge in [-0.3, -0.25) is 4.79 Å². The lowest BCUT2D eigenvalue weighted by molar-refractivity contribution is -0.147. The summed E-state index contributed by atoms with van der Waals surface area (Å²) in [5.41, 5.74) is 1.01. The van der Waals surface area contributed by atoms with Crippen LogP contribution < -0.4 is 4.74 Å². The first-order valence-electron chi connectivity index (χ1n) is 8.20. The van der Waals surface area contributed by atoms with E-state index in [1.165, 1.54) is 19.1 Å². The first-order valence-corrected chi connectivity index (χ1v) is 8.20. The highest BCUT2D eigenvalue weighted by Gasteiger charge is 2.37. The monoisotopic (exact) mass is 378 g/mol. The first kappa shape index (κ1) is 18.9. The smallest absolute Gasteiger partial charge is 0.449 e. The molecule has 0 aliphatic heterocycles. The summed E-state index contributed by atoms with van der Waals surface area (Å²) in [7, 11) is 0. The highest BCUT2D eigenvalue weighted by Crippen LogP contribution is 2.31. The van der Waals surface area contributed by atoms with Crippen molar-refractivity contribution in [2.45, 2.75) is 25.7 Å². The van der Waals surface area contributed by atoms with E-state index in [4.69, 9.17) is 4.74 Å². The molecule has 2 aromatic carbocycles. The number of imidazole rings is 1. The number of hydrogen-bond donors (Lipinski definition) is 1. The van der Waals surface area contributed by atoms with Crippen LogP contribution in [-0.4, -0.2) is 33.2 Å². The average molecular weight is 378 g/mol. The SMILES string of the molecule is CC(=O)c1ccc(OC[C@@H](O)Cn2c(C(F)(F)F)nc3ccccc32)cc1. The molecule has 0 saturated carbocycles. The van der Waals surface area contributed by atoms with E-state index in [9.17, 15) is 23.1 Å². The van der Waals surface area contributed by atoms with Crippen LogP contribution in [0.3, 0.4) is 0 Å². The molecule has 1 heterocycles. The Kier molecular flexibility index (Phi) is 5.18. The molecule has 8 heteroatoms. The second-order valence-electron chi connectivity index (χ2n) is 6.08. The topological polar surface area (TPSA) is 64.3 Å². The highest BCUT2D eigenvalue weighted by atomic mass is 19.4. The maximum atomic E-state index is 13.3. The summed E-state index contributed by atoms with van der Waals surface area (Å²) >= 11 is 0. The van der Waals surface area contributed by atoms with Gasteiger partial charge in [-0.05, 0) is 43.3 Å². The molecule has 27 heavy (non-hydrogen) atoms. The Morgan fingerprint density at radius 3 is 2.48 bits per heavy atom. The van der Waals surface area contributed by atoms with E-state index in [0.29, 0.717) is 11.3 Å². The molecule has 0 bridgehead atoms. The summed E-state index contributed by atoms with van der Waals surface area (Å²) < 4.78 is 46.2. The Hall–Kier alpha value is -2.87. The van der Waals surface area contributed by atoms with Gasteiger partial charge >= 0.3 is 6.18 Å².